The van der Waals surface area contributed by atoms with Crippen LogP contribution in [0.4, 0.5) is 5.69 Å². The Hall–Kier alpha value is -2.38. The van der Waals surface area contributed by atoms with Gasteiger partial charge in [0.2, 0.25) is 15.9 Å². The molecule has 1 amide bonds. The molecule has 1 aliphatic heterocycles. The van der Waals surface area contributed by atoms with Crippen LogP contribution >= 0.6 is 0 Å². The summed E-state index contributed by atoms with van der Waals surface area (Å²) in [6.45, 7) is 5.18. The molecule has 0 bridgehead atoms. The molecule has 2 aromatic rings. The first-order chi connectivity index (χ1) is 14.9. The minimum Gasteiger partial charge on any atom is -0.494 e. The Morgan fingerprint density at radius 2 is 1.81 bits per heavy atom. The number of ether oxygens (including phenoxy) is 1. The Labute approximate surface area is 185 Å². The molecule has 6 nitrogen and oxygen atoms in total. The Morgan fingerprint density at radius 1 is 1.10 bits per heavy atom. The first-order valence-corrected chi connectivity index (χ1v) is 12.5. The lowest BCUT2D eigenvalue weighted by atomic mass is 9.98. The summed E-state index contributed by atoms with van der Waals surface area (Å²) in [5.41, 5.74) is 2.00. The molecule has 1 atom stereocenters. The monoisotopic (exact) mass is 444 g/mol. The van der Waals surface area contributed by atoms with Crippen molar-refractivity contribution in [2.45, 2.75) is 50.8 Å². The molecule has 0 aromatic heterocycles. The van der Waals surface area contributed by atoms with Gasteiger partial charge in [0.1, 0.15) is 5.75 Å². The number of rotatable bonds is 9. The number of hydrogen-bond donors (Lipinski definition) is 1. The summed E-state index contributed by atoms with van der Waals surface area (Å²) >= 11 is 0. The molecule has 31 heavy (non-hydrogen) atoms. The van der Waals surface area contributed by atoms with Gasteiger partial charge in [0.25, 0.3) is 0 Å². The second kappa shape index (κ2) is 10.8. The maximum atomic E-state index is 13.1. The highest BCUT2D eigenvalue weighted by Crippen LogP contribution is 2.26. The van der Waals surface area contributed by atoms with E-state index in [4.69, 9.17) is 4.74 Å². The van der Waals surface area contributed by atoms with Crippen molar-refractivity contribution in [1.29, 1.82) is 0 Å². The average Bonchev–Trinajstić information content (AvgIpc) is 2.79. The SMILES string of the molecule is CCCCc1ccc(NC(=O)[C@@H]2CCCN(S(=O)(=O)c3ccc(OCC)cc3)C2)cc1. The molecule has 1 saturated heterocycles. The molecule has 1 fully saturated rings. The van der Waals surface area contributed by atoms with E-state index < -0.39 is 10.0 Å². The Bertz CT molecular complexity index is 956. The van der Waals surface area contributed by atoms with Gasteiger partial charge < -0.3 is 10.1 Å². The Kier molecular flexibility index (Phi) is 8.09. The molecule has 7 heteroatoms. The van der Waals surface area contributed by atoms with E-state index in [2.05, 4.69) is 12.2 Å². The summed E-state index contributed by atoms with van der Waals surface area (Å²) < 4.78 is 32.9. The minimum absolute atomic E-state index is 0.132. The molecule has 0 unspecified atom stereocenters. The highest BCUT2D eigenvalue weighted by atomic mass is 32.2. The van der Waals surface area contributed by atoms with E-state index in [1.165, 1.54) is 9.87 Å². The predicted octanol–water partition coefficient (Wildman–Crippen LogP) is 4.47. The molecule has 0 radical (unpaired) electrons. The van der Waals surface area contributed by atoms with Gasteiger partial charge in [-0.05, 0) is 74.6 Å². The number of piperidine rings is 1. The summed E-state index contributed by atoms with van der Waals surface area (Å²) in [6.07, 6.45) is 4.66. The summed E-state index contributed by atoms with van der Waals surface area (Å²) in [7, 11) is -3.65. The lowest BCUT2D eigenvalue weighted by molar-refractivity contribution is -0.120. The molecule has 1 N–H and O–H groups in total. The molecule has 0 aliphatic carbocycles. The third kappa shape index (κ3) is 6.08. The number of nitrogens with one attached hydrogen (secondary N) is 1. The van der Waals surface area contributed by atoms with E-state index in [9.17, 15) is 13.2 Å². The summed E-state index contributed by atoms with van der Waals surface area (Å²) in [5, 5.41) is 2.95. The lowest BCUT2D eigenvalue weighted by Crippen LogP contribution is -2.43. The van der Waals surface area contributed by atoms with Crippen LogP contribution in [0.15, 0.2) is 53.4 Å². The quantitative estimate of drug-likeness (QED) is 0.619. The van der Waals surface area contributed by atoms with Gasteiger partial charge in [-0.3, -0.25) is 4.79 Å². The normalized spacial score (nSPS) is 17.3. The summed E-state index contributed by atoms with van der Waals surface area (Å²) in [5.74, 6) is 0.136. The third-order valence-electron chi connectivity index (χ3n) is 5.57. The number of hydrogen-bond acceptors (Lipinski definition) is 4. The molecular formula is C24H32N2O4S. The number of anilines is 1. The highest BCUT2D eigenvalue weighted by molar-refractivity contribution is 7.89. The third-order valence-corrected chi connectivity index (χ3v) is 7.45. The van der Waals surface area contributed by atoms with E-state index >= 15 is 0 Å². The van der Waals surface area contributed by atoms with Crippen molar-refractivity contribution in [2.24, 2.45) is 5.92 Å². The van der Waals surface area contributed by atoms with Crippen LogP contribution < -0.4 is 10.1 Å². The highest BCUT2D eigenvalue weighted by Gasteiger charge is 2.33. The number of carbonyl (C=O) groups excluding carboxylic acids is 1. The zero-order valence-electron chi connectivity index (χ0n) is 18.3. The number of aryl methyl sites for hydroxylation is 1. The van der Waals surface area contributed by atoms with Crippen molar-refractivity contribution < 1.29 is 17.9 Å². The van der Waals surface area contributed by atoms with E-state index in [0.29, 0.717) is 31.7 Å². The number of benzene rings is 2. The van der Waals surface area contributed by atoms with Gasteiger partial charge in [-0.1, -0.05) is 25.5 Å². The van der Waals surface area contributed by atoms with Gasteiger partial charge >= 0.3 is 0 Å². The maximum Gasteiger partial charge on any atom is 0.243 e. The van der Waals surface area contributed by atoms with Gasteiger partial charge in [0, 0.05) is 18.8 Å². The molecule has 1 aliphatic rings. The van der Waals surface area contributed by atoms with Crippen LogP contribution in [0, 0.1) is 5.92 Å². The number of nitrogens with zero attached hydrogens (tertiary/aromatic N) is 1. The van der Waals surface area contributed by atoms with E-state index in [1.54, 1.807) is 24.3 Å². The minimum atomic E-state index is -3.65. The Balaban J connectivity index is 1.63. The van der Waals surface area contributed by atoms with Gasteiger partial charge in [-0.15, -0.1) is 0 Å². The number of sulfonamides is 1. The van der Waals surface area contributed by atoms with Crippen LogP contribution in [-0.4, -0.2) is 38.3 Å². The summed E-state index contributed by atoms with van der Waals surface area (Å²) in [6, 6.07) is 14.3. The van der Waals surface area contributed by atoms with Crippen molar-refractivity contribution in [3.8, 4) is 5.75 Å². The van der Waals surface area contributed by atoms with Crippen molar-refractivity contribution >= 4 is 21.6 Å². The van der Waals surface area contributed by atoms with E-state index in [-0.39, 0.29) is 23.3 Å². The molecule has 3 rings (SSSR count). The largest absolute Gasteiger partial charge is 0.494 e. The smallest absolute Gasteiger partial charge is 0.243 e. The van der Waals surface area contributed by atoms with Crippen LogP contribution in [0.5, 0.6) is 5.75 Å². The molecule has 2 aromatic carbocycles. The topological polar surface area (TPSA) is 75.7 Å². The van der Waals surface area contributed by atoms with Crippen molar-refractivity contribution in [3.05, 3.63) is 54.1 Å². The molecule has 0 saturated carbocycles. The van der Waals surface area contributed by atoms with Gasteiger partial charge in [-0.25, -0.2) is 8.42 Å². The zero-order valence-corrected chi connectivity index (χ0v) is 19.2. The van der Waals surface area contributed by atoms with Gasteiger partial charge in [0.05, 0.1) is 17.4 Å². The molecule has 1 heterocycles. The standard InChI is InChI=1S/C24H32N2O4S/c1-3-5-7-19-9-11-21(12-10-19)25-24(27)20-8-6-17-26(18-20)31(28,29)23-15-13-22(14-16-23)30-4-2/h9-16,20H,3-8,17-18H2,1-2H3,(H,25,27)/t20-/m1/s1. The van der Waals surface area contributed by atoms with Crippen LogP contribution in [0.3, 0.4) is 0 Å². The van der Waals surface area contributed by atoms with Crippen LogP contribution in [-0.2, 0) is 21.2 Å². The summed E-state index contributed by atoms with van der Waals surface area (Å²) in [4.78, 5) is 13.0. The maximum absolute atomic E-state index is 13.1. The molecular weight excluding hydrogens is 412 g/mol. The van der Waals surface area contributed by atoms with Gasteiger partial charge in [-0.2, -0.15) is 4.31 Å². The zero-order chi connectivity index (χ0) is 22.3. The molecule has 0 spiro atoms. The Morgan fingerprint density at radius 3 is 2.45 bits per heavy atom. The first kappa shape index (κ1) is 23.3. The second-order valence-electron chi connectivity index (χ2n) is 7.90. The van der Waals surface area contributed by atoms with Crippen LogP contribution in [0.2, 0.25) is 0 Å². The van der Waals surface area contributed by atoms with Crippen LogP contribution in [0.25, 0.3) is 0 Å². The van der Waals surface area contributed by atoms with Crippen molar-refractivity contribution in [2.75, 3.05) is 25.0 Å². The molecule has 168 valence electrons. The number of unbranched alkanes of at least 4 members (excludes halogenated alkanes) is 1. The lowest BCUT2D eigenvalue weighted by Gasteiger charge is -2.31. The average molecular weight is 445 g/mol. The van der Waals surface area contributed by atoms with Crippen molar-refractivity contribution in [1.82, 2.24) is 4.31 Å². The number of carbonyl (C=O) groups is 1. The predicted molar refractivity (Wildman–Crippen MR) is 123 cm³/mol. The fraction of sp³-hybridized carbons (Fsp3) is 0.458. The fourth-order valence-corrected chi connectivity index (χ4v) is 5.30. The van der Waals surface area contributed by atoms with Crippen molar-refractivity contribution in [3.63, 3.8) is 0 Å². The van der Waals surface area contributed by atoms with Gasteiger partial charge in [0.15, 0.2) is 0 Å². The van der Waals surface area contributed by atoms with E-state index in [0.717, 1.165) is 24.9 Å². The second-order valence-corrected chi connectivity index (χ2v) is 9.83. The number of amides is 1. The van der Waals surface area contributed by atoms with Crippen LogP contribution in [0.1, 0.15) is 45.1 Å². The fourth-order valence-electron chi connectivity index (χ4n) is 3.78. The van der Waals surface area contributed by atoms with E-state index in [1.807, 2.05) is 31.2 Å². The first-order valence-electron chi connectivity index (χ1n) is 11.1.